The van der Waals surface area contributed by atoms with E-state index < -0.39 is 23.7 Å². The molecule has 0 aliphatic rings. The van der Waals surface area contributed by atoms with E-state index in [1.165, 1.54) is 14.0 Å². The maximum Gasteiger partial charge on any atom is 0.410 e. The molecule has 0 fully saturated rings. The first kappa shape index (κ1) is 18.7. The van der Waals surface area contributed by atoms with E-state index in [-0.39, 0.29) is 12.2 Å². The van der Waals surface area contributed by atoms with Crippen molar-refractivity contribution in [3.8, 4) is 0 Å². The molecular formula is C17H23NO5. The van der Waals surface area contributed by atoms with Crippen LogP contribution in [0.1, 0.15) is 43.6 Å². The van der Waals surface area contributed by atoms with Crippen LogP contribution in [0, 0.1) is 0 Å². The van der Waals surface area contributed by atoms with Gasteiger partial charge in [0.1, 0.15) is 11.6 Å². The van der Waals surface area contributed by atoms with Crippen LogP contribution in [-0.4, -0.2) is 46.5 Å². The van der Waals surface area contributed by atoms with Gasteiger partial charge in [-0.3, -0.25) is 9.69 Å². The second-order valence-corrected chi connectivity index (χ2v) is 6.40. The van der Waals surface area contributed by atoms with E-state index in [4.69, 9.17) is 4.74 Å². The molecule has 0 spiro atoms. The number of aliphatic carboxylic acids is 1. The number of carboxylic acid groups (broad SMARTS) is 1. The molecule has 1 unspecified atom stereocenters. The highest BCUT2D eigenvalue weighted by atomic mass is 16.6. The molecule has 0 radical (unpaired) electrons. The van der Waals surface area contributed by atoms with Gasteiger partial charge in [-0.05, 0) is 33.3 Å². The van der Waals surface area contributed by atoms with E-state index in [2.05, 4.69) is 0 Å². The van der Waals surface area contributed by atoms with Crippen LogP contribution < -0.4 is 0 Å². The van der Waals surface area contributed by atoms with Crippen LogP contribution in [0.15, 0.2) is 24.3 Å². The van der Waals surface area contributed by atoms with Crippen LogP contribution in [0.2, 0.25) is 0 Å². The lowest BCUT2D eigenvalue weighted by atomic mass is 10.0. The number of hydrogen-bond acceptors (Lipinski definition) is 4. The van der Waals surface area contributed by atoms with Crippen LogP contribution in [0.25, 0.3) is 0 Å². The number of nitrogens with zero attached hydrogens (tertiary/aromatic N) is 1. The van der Waals surface area contributed by atoms with Gasteiger partial charge in [-0.25, -0.2) is 9.59 Å². The Morgan fingerprint density at radius 1 is 1.17 bits per heavy atom. The van der Waals surface area contributed by atoms with Crippen LogP contribution in [0.4, 0.5) is 4.79 Å². The fourth-order valence-corrected chi connectivity index (χ4v) is 1.95. The summed E-state index contributed by atoms with van der Waals surface area (Å²) < 4.78 is 5.20. The summed E-state index contributed by atoms with van der Waals surface area (Å²) in [5.41, 5.74) is 0.580. The summed E-state index contributed by atoms with van der Waals surface area (Å²) in [6.45, 7) is 6.62. The number of rotatable bonds is 5. The third-order valence-corrected chi connectivity index (χ3v) is 3.22. The summed E-state index contributed by atoms with van der Waals surface area (Å²) in [7, 11) is 1.40. The fraction of sp³-hybridized carbons (Fsp3) is 0.471. The molecule has 0 bridgehead atoms. The van der Waals surface area contributed by atoms with Gasteiger partial charge < -0.3 is 9.84 Å². The van der Waals surface area contributed by atoms with E-state index in [9.17, 15) is 19.5 Å². The Hall–Kier alpha value is -2.37. The smallest absolute Gasteiger partial charge is 0.410 e. The Balaban J connectivity index is 2.88. The summed E-state index contributed by atoms with van der Waals surface area (Å²) in [6, 6.07) is 5.62. The summed E-state index contributed by atoms with van der Waals surface area (Å²) in [5.74, 6) is -1.17. The average Bonchev–Trinajstić information content (AvgIpc) is 2.42. The van der Waals surface area contributed by atoms with E-state index in [1.54, 1.807) is 45.0 Å². The van der Waals surface area contributed by atoms with E-state index in [1.807, 2.05) is 0 Å². The summed E-state index contributed by atoms with van der Waals surface area (Å²) >= 11 is 0. The van der Waals surface area contributed by atoms with Crippen molar-refractivity contribution in [3.63, 3.8) is 0 Å². The van der Waals surface area contributed by atoms with Gasteiger partial charge in [0, 0.05) is 19.0 Å². The Morgan fingerprint density at radius 2 is 1.70 bits per heavy atom. The molecule has 1 rings (SSSR count). The number of ketones is 1. The highest BCUT2D eigenvalue weighted by molar-refractivity contribution is 5.94. The molecule has 1 aromatic rings. The molecule has 0 aliphatic carbocycles. The number of likely N-dealkylation sites (N-methyl/N-ethyl adjacent to an activating group) is 1. The monoisotopic (exact) mass is 321 g/mol. The van der Waals surface area contributed by atoms with Crippen molar-refractivity contribution in [3.05, 3.63) is 35.4 Å². The van der Waals surface area contributed by atoms with Crippen molar-refractivity contribution >= 4 is 17.8 Å². The molecular weight excluding hydrogens is 298 g/mol. The van der Waals surface area contributed by atoms with Gasteiger partial charge in [-0.15, -0.1) is 0 Å². The lowest BCUT2D eigenvalue weighted by Crippen LogP contribution is -2.46. The van der Waals surface area contributed by atoms with Crippen molar-refractivity contribution in [1.82, 2.24) is 4.90 Å². The number of hydrogen-bond donors (Lipinski definition) is 1. The van der Waals surface area contributed by atoms with Crippen molar-refractivity contribution in [2.45, 2.75) is 45.8 Å². The van der Waals surface area contributed by atoms with Gasteiger partial charge in [0.25, 0.3) is 0 Å². The summed E-state index contributed by atoms with van der Waals surface area (Å²) in [5, 5.41) is 9.39. The number of carbonyl (C=O) groups is 3. The first-order chi connectivity index (χ1) is 10.5. The number of carboxylic acids is 1. The fourth-order valence-electron chi connectivity index (χ4n) is 1.95. The minimum Gasteiger partial charge on any atom is -0.480 e. The van der Waals surface area contributed by atoms with Crippen LogP contribution in [0.5, 0.6) is 0 Å². The molecule has 1 N–H and O–H groups in total. The number of Topliss-reactive ketones (excluding diaryl/α,β-unsaturated/α-hetero) is 1. The van der Waals surface area contributed by atoms with Crippen LogP contribution in [-0.2, 0) is 16.0 Å². The van der Waals surface area contributed by atoms with Crippen molar-refractivity contribution in [2.24, 2.45) is 0 Å². The van der Waals surface area contributed by atoms with Crippen LogP contribution in [0.3, 0.4) is 0 Å². The summed E-state index contributed by atoms with van der Waals surface area (Å²) in [6.07, 6.45) is -0.561. The lowest BCUT2D eigenvalue weighted by molar-refractivity contribution is -0.142. The van der Waals surface area contributed by atoms with Crippen molar-refractivity contribution in [1.29, 1.82) is 0 Å². The molecule has 1 amide bonds. The molecule has 0 saturated heterocycles. The van der Waals surface area contributed by atoms with Crippen molar-refractivity contribution < 1.29 is 24.2 Å². The number of carbonyl (C=O) groups excluding carboxylic acids is 2. The Bertz CT molecular complexity index is 586. The molecule has 0 heterocycles. The number of benzene rings is 1. The minimum atomic E-state index is -1.12. The molecule has 0 aromatic heterocycles. The van der Waals surface area contributed by atoms with Gasteiger partial charge in [-0.1, -0.05) is 24.3 Å². The molecule has 126 valence electrons. The first-order valence-electron chi connectivity index (χ1n) is 7.30. The number of ether oxygens (including phenoxy) is 1. The van der Waals surface area contributed by atoms with Gasteiger partial charge in [0.15, 0.2) is 5.78 Å². The third kappa shape index (κ3) is 5.73. The second-order valence-electron chi connectivity index (χ2n) is 6.40. The Labute approximate surface area is 136 Å². The van der Waals surface area contributed by atoms with E-state index in [0.29, 0.717) is 5.56 Å². The van der Waals surface area contributed by atoms with E-state index in [0.717, 1.165) is 10.5 Å². The zero-order chi connectivity index (χ0) is 17.8. The molecule has 0 saturated carbocycles. The maximum atomic E-state index is 12.0. The second kappa shape index (κ2) is 7.26. The highest BCUT2D eigenvalue weighted by Gasteiger charge is 2.30. The van der Waals surface area contributed by atoms with Gasteiger partial charge in [0.05, 0.1) is 0 Å². The average molecular weight is 321 g/mol. The maximum absolute atomic E-state index is 12.0. The molecule has 23 heavy (non-hydrogen) atoms. The first-order valence-corrected chi connectivity index (χ1v) is 7.30. The zero-order valence-electron chi connectivity index (χ0n) is 14.1. The largest absolute Gasteiger partial charge is 0.480 e. The standard InChI is InChI=1S/C17H23NO5/c1-11(19)13-8-6-12(7-9-13)10-14(15(20)21)18(5)16(22)23-17(2,3)4/h6-9,14H,10H2,1-5H3,(H,20,21). The van der Waals surface area contributed by atoms with Gasteiger partial charge >= 0.3 is 12.1 Å². The molecule has 1 atom stereocenters. The zero-order valence-corrected chi connectivity index (χ0v) is 14.1. The highest BCUT2D eigenvalue weighted by Crippen LogP contribution is 2.15. The van der Waals surface area contributed by atoms with Crippen molar-refractivity contribution in [2.75, 3.05) is 7.05 Å². The Morgan fingerprint density at radius 3 is 2.09 bits per heavy atom. The topological polar surface area (TPSA) is 83.9 Å². The Kier molecular flexibility index (Phi) is 5.90. The predicted octanol–water partition coefficient (Wildman–Crippen LogP) is 2.75. The molecule has 1 aromatic carbocycles. The van der Waals surface area contributed by atoms with Gasteiger partial charge in [0.2, 0.25) is 0 Å². The number of amides is 1. The SMILES string of the molecule is CC(=O)c1ccc(CC(C(=O)O)N(C)C(=O)OC(C)(C)C)cc1. The quantitative estimate of drug-likeness (QED) is 0.843. The minimum absolute atomic E-state index is 0.0581. The molecule has 6 nitrogen and oxygen atoms in total. The molecule has 6 heteroatoms. The van der Waals surface area contributed by atoms with Crippen LogP contribution >= 0.6 is 0 Å². The van der Waals surface area contributed by atoms with Gasteiger partial charge in [-0.2, -0.15) is 0 Å². The summed E-state index contributed by atoms with van der Waals surface area (Å²) in [4.78, 5) is 35.9. The predicted molar refractivity (Wildman–Crippen MR) is 85.6 cm³/mol. The normalized spacial score (nSPS) is 12.4. The van der Waals surface area contributed by atoms with E-state index >= 15 is 0 Å². The third-order valence-electron chi connectivity index (χ3n) is 3.22. The molecule has 0 aliphatic heterocycles. The lowest BCUT2D eigenvalue weighted by Gasteiger charge is -2.28.